The van der Waals surface area contributed by atoms with Crippen LogP contribution in [0.5, 0.6) is 0 Å². The van der Waals surface area contributed by atoms with Gasteiger partial charge in [0.05, 0.1) is 19.4 Å². The number of rotatable bonds is 12. The van der Waals surface area contributed by atoms with Crippen molar-refractivity contribution in [2.45, 2.75) is 39.2 Å². The van der Waals surface area contributed by atoms with Gasteiger partial charge in [-0.1, -0.05) is 25.8 Å². The zero-order valence-electron chi connectivity index (χ0n) is 19.2. The van der Waals surface area contributed by atoms with Crippen molar-refractivity contribution in [1.29, 1.82) is 0 Å². The summed E-state index contributed by atoms with van der Waals surface area (Å²) in [5.74, 6) is 0.198. The van der Waals surface area contributed by atoms with E-state index in [1.165, 1.54) is 0 Å². The third-order valence-electron chi connectivity index (χ3n) is 5.04. The van der Waals surface area contributed by atoms with Gasteiger partial charge in [-0.05, 0) is 61.0 Å². The summed E-state index contributed by atoms with van der Waals surface area (Å²) in [4.78, 5) is 36.5. The maximum absolute atomic E-state index is 12.3. The van der Waals surface area contributed by atoms with Crippen molar-refractivity contribution in [2.75, 3.05) is 22.5 Å². The number of nitrogens with one attached hydrogen (secondary N) is 4. The number of carbonyl (C=O) groups excluding carboxylic acids is 3. The SMILES string of the molecule is CCCCCC(=O)Nc1cccc(NCC(=O)Nc2ccc(C(=O)NCc3ccco3)cc2)c1. The van der Waals surface area contributed by atoms with Crippen molar-refractivity contribution in [3.63, 3.8) is 0 Å². The third kappa shape index (κ3) is 8.12. The fourth-order valence-corrected chi connectivity index (χ4v) is 3.24. The minimum atomic E-state index is -0.232. The van der Waals surface area contributed by atoms with Gasteiger partial charge in [0.1, 0.15) is 5.76 Å². The van der Waals surface area contributed by atoms with Crippen LogP contribution in [0.2, 0.25) is 0 Å². The van der Waals surface area contributed by atoms with E-state index < -0.39 is 0 Å². The maximum Gasteiger partial charge on any atom is 0.251 e. The Labute approximate surface area is 199 Å². The first-order valence-corrected chi connectivity index (χ1v) is 11.4. The molecule has 0 unspecified atom stereocenters. The number of hydrogen-bond acceptors (Lipinski definition) is 5. The lowest BCUT2D eigenvalue weighted by atomic mass is 10.2. The molecule has 0 radical (unpaired) electrons. The molecule has 2 aromatic carbocycles. The van der Waals surface area contributed by atoms with Crippen LogP contribution in [0.4, 0.5) is 17.1 Å². The van der Waals surface area contributed by atoms with Gasteiger partial charge in [0.15, 0.2) is 0 Å². The summed E-state index contributed by atoms with van der Waals surface area (Å²) < 4.78 is 5.19. The average Bonchev–Trinajstić information content (AvgIpc) is 3.36. The van der Waals surface area contributed by atoms with E-state index >= 15 is 0 Å². The highest BCUT2D eigenvalue weighted by molar-refractivity contribution is 5.97. The van der Waals surface area contributed by atoms with Crippen molar-refractivity contribution in [3.8, 4) is 0 Å². The van der Waals surface area contributed by atoms with Gasteiger partial charge in [0.25, 0.3) is 5.91 Å². The normalized spacial score (nSPS) is 10.4. The summed E-state index contributed by atoms with van der Waals surface area (Å²) in [6, 6.07) is 17.4. The van der Waals surface area contributed by atoms with E-state index in [2.05, 4.69) is 28.2 Å². The molecule has 3 amide bonds. The van der Waals surface area contributed by atoms with E-state index in [4.69, 9.17) is 4.42 Å². The van der Waals surface area contributed by atoms with Crippen molar-refractivity contribution in [2.24, 2.45) is 0 Å². The molecule has 0 spiro atoms. The molecule has 8 nitrogen and oxygen atoms in total. The molecule has 0 saturated carbocycles. The Morgan fingerprint density at radius 3 is 2.32 bits per heavy atom. The van der Waals surface area contributed by atoms with E-state index in [1.54, 1.807) is 48.7 Å². The number of unbranched alkanes of at least 4 members (excludes halogenated alkanes) is 2. The summed E-state index contributed by atoms with van der Waals surface area (Å²) in [6.45, 7) is 2.46. The molecule has 178 valence electrons. The summed E-state index contributed by atoms with van der Waals surface area (Å²) in [7, 11) is 0. The van der Waals surface area contributed by atoms with Gasteiger partial charge in [-0.15, -0.1) is 0 Å². The van der Waals surface area contributed by atoms with Crippen molar-refractivity contribution >= 4 is 34.8 Å². The smallest absolute Gasteiger partial charge is 0.251 e. The quantitative estimate of drug-likeness (QED) is 0.289. The van der Waals surface area contributed by atoms with E-state index in [-0.39, 0.29) is 24.3 Å². The molecule has 0 bridgehead atoms. The monoisotopic (exact) mass is 462 g/mol. The topological polar surface area (TPSA) is 112 Å². The zero-order chi connectivity index (χ0) is 24.2. The van der Waals surface area contributed by atoms with Crippen LogP contribution in [-0.4, -0.2) is 24.3 Å². The van der Waals surface area contributed by atoms with Crippen LogP contribution in [0.15, 0.2) is 71.3 Å². The highest BCUT2D eigenvalue weighted by atomic mass is 16.3. The van der Waals surface area contributed by atoms with Gasteiger partial charge in [-0.2, -0.15) is 0 Å². The summed E-state index contributed by atoms with van der Waals surface area (Å²) in [5.41, 5.74) is 2.48. The van der Waals surface area contributed by atoms with Crippen LogP contribution < -0.4 is 21.3 Å². The number of hydrogen-bond donors (Lipinski definition) is 4. The molecule has 0 aliphatic carbocycles. The van der Waals surface area contributed by atoms with Gasteiger partial charge >= 0.3 is 0 Å². The second-order valence-corrected chi connectivity index (χ2v) is 7.83. The summed E-state index contributed by atoms with van der Waals surface area (Å²) >= 11 is 0. The molecule has 0 atom stereocenters. The van der Waals surface area contributed by atoms with Gasteiger partial charge < -0.3 is 25.7 Å². The van der Waals surface area contributed by atoms with Crippen LogP contribution >= 0.6 is 0 Å². The van der Waals surface area contributed by atoms with Gasteiger partial charge in [-0.25, -0.2) is 0 Å². The van der Waals surface area contributed by atoms with Gasteiger partial charge in [-0.3, -0.25) is 14.4 Å². The van der Waals surface area contributed by atoms with E-state index in [0.717, 1.165) is 24.9 Å². The molecule has 1 aromatic heterocycles. The lowest BCUT2D eigenvalue weighted by Gasteiger charge is -2.10. The first-order valence-electron chi connectivity index (χ1n) is 11.4. The molecule has 0 aliphatic rings. The van der Waals surface area contributed by atoms with E-state index in [1.807, 2.05) is 18.2 Å². The van der Waals surface area contributed by atoms with E-state index in [9.17, 15) is 14.4 Å². The lowest BCUT2D eigenvalue weighted by molar-refractivity contribution is -0.116. The largest absolute Gasteiger partial charge is 0.467 e. The van der Waals surface area contributed by atoms with Crippen LogP contribution in [-0.2, 0) is 16.1 Å². The second kappa shape index (κ2) is 12.8. The number of anilines is 3. The lowest BCUT2D eigenvalue weighted by Crippen LogP contribution is -2.23. The fourth-order valence-electron chi connectivity index (χ4n) is 3.24. The molecular weight excluding hydrogens is 432 g/mol. The molecule has 0 aliphatic heterocycles. The molecule has 3 aromatic rings. The zero-order valence-corrected chi connectivity index (χ0v) is 19.2. The third-order valence-corrected chi connectivity index (χ3v) is 5.04. The number of amides is 3. The average molecular weight is 463 g/mol. The molecule has 1 heterocycles. The molecule has 34 heavy (non-hydrogen) atoms. The number of benzene rings is 2. The van der Waals surface area contributed by atoms with Gasteiger partial charge in [0, 0.05) is 29.0 Å². The van der Waals surface area contributed by atoms with Crippen molar-refractivity contribution in [1.82, 2.24) is 5.32 Å². The predicted octanol–water partition coefficient (Wildman–Crippen LogP) is 4.78. The Morgan fingerprint density at radius 2 is 1.59 bits per heavy atom. The second-order valence-electron chi connectivity index (χ2n) is 7.83. The first kappa shape index (κ1) is 24.6. The Hall–Kier alpha value is -4.07. The van der Waals surface area contributed by atoms with Crippen LogP contribution in [0.3, 0.4) is 0 Å². The first-order chi connectivity index (χ1) is 16.5. The van der Waals surface area contributed by atoms with Crippen molar-refractivity contribution < 1.29 is 18.8 Å². The molecular formula is C26H30N4O4. The predicted molar refractivity (Wildman–Crippen MR) is 133 cm³/mol. The number of carbonyl (C=O) groups is 3. The maximum atomic E-state index is 12.3. The Kier molecular flexibility index (Phi) is 9.28. The highest BCUT2D eigenvalue weighted by Gasteiger charge is 2.08. The van der Waals surface area contributed by atoms with Gasteiger partial charge in [0.2, 0.25) is 11.8 Å². The van der Waals surface area contributed by atoms with Crippen molar-refractivity contribution in [3.05, 3.63) is 78.3 Å². The highest BCUT2D eigenvalue weighted by Crippen LogP contribution is 2.16. The van der Waals surface area contributed by atoms with Crippen LogP contribution in [0.25, 0.3) is 0 Å². The molecule has 8 heteroatoms. The summed E-state index contributed by atoms with van der Waals surface area (Å²) in [6.07, 6.45) is 5.03. The Balaban J connectivity index is 1.43. The molecule has 3 rings (SSSR count). The minimum Gasteiger partial charge on any atom is -0.467 e. The molecule has 0 saturated heterocycles. The standard InChI is InChI=1S/C26H30N4O4/c1-2-3-4-10-24(31)30-22-8-5-7-21(16-22)27-18-25(32)29-20-13-11-19(12-14-20)26(33)28-17-23-9-6-15-34-23/h5-9,11-16,27H,2-4,10,17-18H2,1H3,(H,28,33)(H,29,32)(H,30,31). The Bertz CT molecular complexity index is 1080. The van der Waals surface area contributed by atoms with E-state index in [0.29, 0.717) is 35.7 Å². The number of furan rings is 1. The van der Waals surface area contributed by atoms with Crippen LogP contribution in [0, 0.1) is 0 Å². The fraction of sp³-hybridized carbons (Fsp3) is 0.269. The Morgan fingerprint density at radius 1 is 0.824 bits per heavy atom. The molecule has 4 N–H and O–H groups in total. The van der Waals surface area contributed by atoms with Crippen LogP contribution in [0.1, 0.15) is 48.7 Å². The summed E-state index contributed by atoms with van der Waals surface area (Å²) in [5, 5.41) is 11.5. The minimum absolute atomic E-state index is 0.0126. The molecule has 0 fully saturated rings.